The minimum atomic E-state index is -0.640. The van der Waals surface area contributed by atoms with E-state index in [1.54, 1.807) is 6.92 Å². The van der Waals surface area contributed by atoms with Gasteiger partial charge in [0.05, 0.1) is 16.1 Å². The van der Waals surface area contributed by atoms with Crippen molar-refractivity contribution in [3.63, 3.8) is 0 Å². The molecule has 0 aliphatic rings. The van der Waals surface area contributed by atoms with Gasteiger partial charge in [-0.3, -0.25) is 20.2 Å². The lowest BCUT2D eigenvalue weighted by Gasteiger charge is -2.04. The van der Waals surface area contributed by atoms with Crippen LogP contribution in [0.2, 0.25) is 5.15 Å². The molecule has 0 spiro atoms. The molecule has 7 nitrogen and oxygen atoms in total. The topological polar surface area (TPSA) is 98.0 Å². The molecule has 0 fully saturated rings. The van der Waals surface area contributed by atoms with E-state index >= 15 is 0 Å². The first-order chi connectivity index (χ1) is 8.99. The first kappa shape index (κ1) is 13.4. The highest BCUT2D eigenvalue weighted by Crippen LogP contribution is 2.25. The fraction of sp³-hybridized carbons (Fsp3) is 0.100. The smallest absolute Gasteiger partial charge is 0.300 e. The maximum atomic E-state index is 11.9. The molecule has 0 aliphatic carbocycles. The zero-order valence-corrected chi connectivity index (χ0v) is 11.2. The molecule has 1 amide bonds. The van der Waals surface area contributed by atoms with Gasteiger partial charge in [0, 0.05) is 6.07 Å². The van der Waals surface area contributed by atoms with Gasteiger partial charge in [-0.15, -0.1) is 11.3 Å². The summed E-state index contributed by atoms with van der Waals surface area (Å²) in [5.74, 6) is -0.687. The molecule has 19 heavy (non-hydrogen) atoms. The molecule has 0 saturated carbocycles. The summed E-state index contributed by atoms with van der Waals surface area (Å²) in [5, 5.41) is 13.3. The molecule has 98 valence electrons. The van der Waals surface area contributed by atoms with E-state index in [-0.39, 0.29) is 16.7 Å². The largest absolute Gasteiger partial charge is 0.311 e. The fourth-order valence-corrected chi connectivity index (χ4v) is 2.20. The maximum Gasteiger partial charge on any atom is 0.311 e. The van der Waals surface area contributed by atoms with E-state index < -0.39 is 10.8 Å². The Morgan fingerprint density at radius 3 is 2.84 bits per heavy atom. The summed E-state index contributed by atoms with van der Waals surface area (Å²) in [5.41, 5.74) is 1.75. The lowest BCUT2D eigenvalue weighted by Crippen LogP contribution is -2.14. The Morgan fingerprint density at radius 1 is 1.53 bits per heavy atom. The van der Waals surface area contributed by atoms with Crippen molar-refractivity contribution in [3.8, 4) is 0 Å². The van der Waals surface area contributed by atoms with Crippen LogP contribution >= 0.6 is 22.9 Å². The third-order valence-electron chi connectivity index (χ3n) is 2.22. The molecule has 0 radical (unpaired) electrons. The zero-order chi connectivity index (χ0) is 14.0. The average molecular weight is 299 g/mol. The van der Waals surface area contributed by atoms with Crippen LogP contribution in [0.1, 0.15) is 15.4 Å². The molecule has 2 rings (SSSR count). The summed E-state index contributed by atoms with van der Waals surface area (Å²) in [4.78, 5) is 30.2. The van der Waals surface area contributed by atoms with Gasteiger partial charge in [-0.2, -0.15) is 0 Å². The Bertz CT molecular complexity index is 658. The standard InChI is InChI=1S/C10H7ClN4O3S/c1-5-8(19-4-12-5)10(16)14-9-6(15(17)18)2-3-7(11)13-9/h2-4H,1H3,(H,13,14,16). The highest BCUT2D eigenvalue weighted by molar-refractivity contribution is 7.12. The number of anilines is 1. The van der Waals surface area contributed by atoms with E-state index in [2.05, 4.69) is 15.3 Å². The first-order valence-electron chi connectivity index (χ1n) is 5.01. The molecular formula is C10H7ClN4O3S. The monoisotopic (exact) mass is 298 g/mol. The van der Waals surface area contributed by atoms with Gasteiger partial charge in [-0.25, -0.2) is 9.97 Å². The summed E-state index contributed by atoms with van der Waals surface area (Å²) in [6.07, 6.45) is 0. The number of hydrogen-bond donors (Lipinski definition) is 1. The predicted molar refractivity (Wildman–Crippen MR) is 70.7 cm³/mol. The average Bonchev–Trinajstić information content (AvgIpc) is 2.75. The quantitative estimate of drug-likeness (QED) is 0.533. The van der Waals surface area contributed by atoms with E-state index in [1.165, 1.54) is 17.6 Å². The molecule has 1 N–H and O–H groups in total. The van der Waals surface area contributed by atoms with Gasteiger partial charge in [0.1, 0.15) is 10.0 Å². The van der Waals surface area contributed by atoms with Crippen molar-refractivity contribution in [2.24, 2.45) is 0 Å². The number of aromatic nitrogens is 2. The molecule has 2 aromatic rings. The van der Waals surface area contributed by atoms with Crippen molar-refractivity contribution < 1.29 is 9.72 Å². The third-order valence-corrected chi connectivity index (χ3v) is 3.36. The number of pyridine rings is 1. The van der Waals surface area contributed by atoms with Crippen LogP contribution in [-0.4, -0.2) is 20.8 Å². The van der Waals surface area contributed by atoms with Crippen LogP contribution in [0.5, 0.6) is 0 Å². The highest BCUT2D eigenvalue weighted by atomic mass is 35.5. The summed E-state index contributed by atoms with van der Waals surface area (Å²) in [6, 6.07) is 2.47. The number of amides is 1. The van der Waals surface area contributed by atoms with Gasteiger partial charge in [-0.1, -0.05) is 11.6 Å². The molecule has 0 saturated heterocycles. The molecule has 0 unspecified atom stereocenters. The van der Waals surface area contributed by atoms with Crippen LogP contribution in [0.4, 0.5) is 11.5 Å². The van der Waals surface area contributed by atoms with Crippen LogP contribution < -0.4 is 5.32 Å². The highest BCUT2D eigenvalue weighted by Gasteiger charge is 2.20. The van der Waals surface area contributed by atoms with Crippen molar-refractivity contribution >= 4 is 40.4 Å². The molecule has 9 heteroatoms. The number of nitrogens with zero attached hydrogens (tertiary/aromatic N) is 3. The van der Waals surface area contributed by atoms with E-state index in [1.807, 2.05) is 0 Å². The van der Waals surface area contributed by atoms with Crippen molar-refractivity contribution in [2.75, 3.05) is 5.32 Å². The molecule has 2 heterocycles. The second-order valence-corrected chi connectivity index (χ2v) is 4.72. The second-order valence-electron chi connectivity index (χ2n) is 3.48. The normalized spacial score (nSPS) is 10.2. The van der Waals surface area contributed by atoms with Crippen molar-refractivity contribution in [2.45, 2.75) is 6.92 Å². The van der Waals surface area contributed by atoms with Crippen LogP contribution in [0.25, 0.3) is 0 Å². The summed E-state index contributed by atoms with van der Waals surface area (Å²) in [6.45, 7) is 1.67. The van der Waals surface area contributed by atoms with Crippen molar-refractivity contribution in [3.05, 3.63) is 43.5 Å². The number of nitro groups is 1. The van der Waals surface area contributed by atoms with Crippen LogP contribution in [0.3, 0.4) is 0 Å². The Morgan fingerprint density at radius 2 is 2.26 bits per heavy atom. The Kier molecular flexibility index (Phi) is 3.72. The van der Waals surface area contributed by atoms with Crippen LogP contribution in [-0.2, 0) is 0 Å². The lowest BCUT2D eigenvalue weighted by molar-refractivity contribution is -0.384. The summed E-state index contributed by atoms with van der Waals surface area (Å²) >= 11 is 6.81. The number of aryl methyl sites for hydroxylation is 1. The lowest BCUT2D eigenvalue weighted by atomic mass is 10.3. The predicted octanol–water partition coefficient (Wildman–Crippen LogP) is 2.66. The third kappa shape index (κ3) is 2.85. The number of rotatable bonds is 3. The van der Waals surface area contributed by atoms with Gasteiger partial charge in [0.25, 0.3) is 5.91 Å². The summed E-state index contributed by atoms with van der Waals surface area (Å²) in [7, 11) is 0. The van der Waals surface area contributed by atoms with Gasteiger partial charge < -0.3 is 0 Å². The Hall–Kier alpha value is -2.06. The van der Waals surface area contributed by atoms with E-state index in [0.717, 1.165) is 11.3 Å². The SMILES string of the molecule is Cc1ncsc1C(=O)Nc1nc(Cl)ccc1[N+](=O)[O-]. The minimum Gasteiger partial charge on any atom is -0.300 e. The number of carbonyl (C=O) groups is 1. The van der Waals surface area contributed by atoms with Gasteiger partial charge in [0.15, 0.2) is 0 Å². The molecule has 0 aromatic carbocycles. The van der Waals surface area contributed by atoms with E-state index in [0.29, 0.717) is 10.6 Å². The van der Waals surface area contributed by atoms with Gasteiger partial charge in [0.2, 0.25) is 5.82 Å². The van der Waals surface area contributed by atoms with Crippen molar-refractivity contribution in [1.82, 2.24) is 9.97 Å². The molecule has 2 aromatic heterocycles. The van der Waals surface area contributed by atoms with Crippen LogP contribution in [0.15, 0.2) is 17.6 Å². The first-order valence-corrected chi connectivity index (χ1v) is 6.27. The molecule has 0 atom stereocenters. The van der Waals surface area contributed by atoms with Gasteiger partial charge >= 0.3 is 5.69 Å². The van der Waals surface area contributed by atoms with E-state index in [4.69, 9.17) is 11.6 Å². The number of hydrogen-bond acceptors (Lipinski definition) is 6. The number of nitrogens with one attached hydrogen (secondary N) is 1. The Labute approximate surface area is 116 Å². The fourth-order valence-electron chi connectivity index (χ4n) is 1.35. The van der Waals surface area contributed by atoms with Crippen LogP contribution in [0, 0.1) is 17.0 Å². The molecule has 0 bridgehead atoms. The number of halogens is 1. The van der Waals surface area contributed by atoms with Gasteiger partial charge in [-0.05, 0) is 13.0 Å². The molecular weight excluding hydrogens is 292 g/mol. The van der Waals surface area contributed by atoms with E-state index in [9.17, 15) is 14.9 Å². The summed E-state index contributed by atoms with van der Waals surface area (Å²) < 4.78 is 0. The minimum absolute atomic E-state index is 0.0573. The second kappa shape index (κ2) is 5.29. The Balaban J connectivity index is 2.33. The maximum absolute atomic E-state index is 11.9. The number of thiazole rings is 1. The van der Waals surface area contributed by atoms with Crippen molar-refractivity contribution in [1.29, 1.82) is 0 Å². The molecule has 0 aliphatic heterocycles. The zero-order valence-electron chi connectivity index (χ0n) is 9.58. The number of carbonyl (C=O) groups excluding carboxylic acids is 1.